The van der Waals surface area contributed by atoms with Gasteiger partial charge in [0.05, 0.1) is 16.7 Å². The summed E-state index contributed by atoms with van der Waals surface area (Å²) in [6.07, 6.45) is 0.669. The number of anilines is 1. The number of hydrogen-bond acceptors (Lipinski definition) is 4. The zero-order chi connectivity index (χ0) is 20.0. The minimum atomic E-state index is -3.59. The molecule has 0 fully saturated rings. The van der Waals surface area contributed by atoms with Crippen LogP contribution < -0.4 is 14.8 Å². The van der Waals surface area contributed by atoms with Crippen LogP contribution in [0.4, 0.5) is 5.69 Å². The van der Waals surface area contributed by atoms with Gasteiger partial charge < -0.3 is 10.1 Å². The molecule has 7 heteroatoms. The topological polar surface area (TPSA) is 84.5 Å². The van der Waals surface area contributed by atoms with E-state index < -0.39 is 10.0 Å². The van der Waals surface area contributed by atoms with Crippen LogP contribution >= 0.6 is 0 Å². The minimum Gasteiger partial charge on any atom is -0.489 e. The maximum atomic E-state index is 12.5. The van der Waals surface area contributed by atoms with Crippen LogP contribution in [0.25, 0.3) is 0 Å². The average Bonchev–Trinajstić information content (AvgIpc) is 2.62. The van der Waals surface area contributed by atoms with Gasteiger partial charge >= 0.3 is 0 Å². The third kappa shape index (κ3) is 5.80. The Morgan fingerprint density at radius 3 is 2.26 bits per heavy atom. The number of amides is 1. The first kappa shape index (κ1) is 20.9. The summed E-state index contributed by atoms with van der Waals surface area (Å²) in [5, 5.41) is 2.80. The molecular weight excluding hydrogens is 364 g/mol. The number of hydrogen-bond donors (Lipinski definition) is 2. The Morgan fingerprint density at radius 2 is 1.67 bits per heavy atom. The lowest BCUT2D eigenvalue weighted by Crippen LogP contribution is -2.32. The molecule has 0 radical (unpaired) electrons. The van der Waals surface area contributed by atoms with Crippen molar-refractivity contribution in [2.24, 2.45) is 0 Å². The van der Waals surface area contributed by atoms with Gasteiger partial charge in [0.25, 0.3) is 5.91 Å². The van der Waals surface area contributed by atoms with E-state index in [1.165, 1.54) is 24.3 Å². The summed E-state index contributed by atoms with van der Waals surface area (Å²) in [4.78, 5) is 12.6. The Hall–Kier alpha value is -2.38. The second-order valence-corrected chi connectivity index (χ2v) is 8.29. The van der Waals surface area contributed by atoms with Crippen LogP contribution in [-0.2, 0) is 10.0 Å². The molecule has 1 amide bonds. The van der Waals surface area contributed by atoms with Gasteiger partial charge in [0.1, 0.15) is 5.75 Å². The van der Waals surface area contributed by atoms with Gasteiger partial charge in [0, 0.05) is 11.6 Å². The van der Waals surface area contributed by atoms with Crippen molar-refractivity contribution in [1.29, 1.82) is 0 Å². The standard InChI is InChI=1S/C20H26N2O4S/c1-5-15(4)22-27(24,25)17-12-10-16(11-13-17)20(23)21-18-8-6-7-9-19(18)26-14(2)3/h6-15,22H,5H2,1-4H3,(H,21,23). The SMILES string of the molecule is CCC(C)NS(=O)(=O)c1ccc(C(=O)Nc2ccccc2OC(C)C)cc1. The minimum absolute atomic E-state index is 0.0226. The second-order valence-electron chi connectivity index (χ2n) is 6.57. The number of benzene rings is 2. The van der Waals surface area contributed by atoms with Crippen LogP contribution in [-0.4, -0.2) is 26.5 Å². The van der Waals surface area contributed by atoms with E-state index in [1.54, 1.807) is 25.1 Å². The summed E-state index contributed by atoms with van der Waals surface area (Å²) >= 11 is 0. The van der Waals surface area contributed by atoms with Crippen LogP contribution in [0, 0.1) is 0 Å². The van der Waals surface area contributed by atoms with Crippen molar-refractivity contribution in [2.45, 2.75) is 51.2 Å². The molecule has 2 rings (SSSR count). The summed E-state index contributed by atoms with van der Waals surface area (Å²) in [6.45, 7) is 7.52. The molecule has 27 heavy (non-hydrogen) atoms. The predicted molar refractivity (Wildman–Crippen MR) is 107 cm³/mol. The van der Waals surface area contributed by atoms with Crippen molar-refractivity contribution < 1.29 is 17.9 Å². The highest BCUT2D eigenvalue weighted by Crippen LogP contribution is 2.25. The van der Waals surface area contributed by atoms with Gasteiger partial charge in [-0.3, -0.25) is 4.79 Å². The third-order valence-corrected chi connectivity index (χ3v) is 5.50. The predicted octanol–water partition coefficient (Wildman–Crippen LogP) is 3.80. The Kier molecular flexibility index (Phi) is 6.98. The molecule has 0 aliphatic rings. The van der Waals surface area contributed by atoms with Crippen LogP contribution in [0.3, 0.4) is 0 Å². The number of nitrogens with one attached hydrogen (secondary N) is 2. The summed E-state index contributed by atoms with van der Waals surface area (Å²) in [5.74, 6) is 0.242. The van der Waals surface area contributed by atoms with E-state index in [0.29, 0.717) is 23.4 Å². The molecule has 0 saturated carbocycles. The van der Waals surface area contributed by atoms with E-state index in [4.69, 9.17) is 4.74 Å². The van der Waals surface area contributed by atoms with Crippen molar-refractivity contribution in [3.8, 4) is 5.75 Å². The number of carbonyl (C=O) groups is 1. The van der Waals surface area contributed by atoms with Gasteiger partial charge in [-0.2, -0.15) is 0 Å². The third-order valence-electron chi connectivity index (χ3n) is 3.89. The molecule has 2 aromatic rings. The lowest BCUT2D eigenvalue weighted by molar-refractivity contribution is 0.102. The van der Waals surface area contributed by atoms with Gasteiger partial charge in [-0.05, 0) is 63.6 Å². The molecule has 0 aliphatic carbocycles. The molecule has 2 aromatic carbocycles. The van der Waals surface area contributed by atoms with Gasteiger partial charge in [-0.15, -0.1) is 0 Å². The first-order valence-electron chi connectivity index (χ1n) is 8.92. The molecule has 1 atom stereocenters. The summed E-state index contributed by atoms with van der Waals surface area (Å²) in [6, 6.07) is 12.9. The lowest BCUT2D eigenvalue weighted by Gasteiger charge is -2.15. The number of ether oxygens (including phenoxy) is 1. The normalized spacial score (nSPS) is 12.6. The highest BCUT2D eigenvalue weighted by atomic mass is 32.2. The van der Waals surface area contributed by atoms with Crippen molar-refractivity contribution in [2.75, 3.05) is 5.32 Å². The molecule has 1 unspecified atom stereocenters. The monoisotopic (exact) mass is 390 g/mol. The van der Waals surface area contributed by atoms with Gasteiger partial charge in [-0.25, -0.2) is 13.1 Å². The van der Waals surface area contributed by atoms with E-state index in [1.807, 2.05) is 26.8 Å². The Labute approximate surface area is 161 Å². The first-order chi connectivity index (χ1) is 12.7. The first-order valence-corrected chi connectivity index (χ1v) is 10.4. The number of para-hydroxylation sites is 2. The second kappa shape index (κ2) is 9.01. The Balaban J connectivity index is 2.15. The highest BCUT2D eigenvalue weighted by molar-refractivity contribution is 7.89. The van der Waals surface area contributed by atoms with Crippen LogP contribution in [0.5, 0.6) is 5.75 Å². The Bertz CT molecular complexity index is 877. The number of carbonyl (C=O) groups excluding carboxylic acids is 1. The molecule has 6 nitrogen and oxygen atoms in total. The van der Waals surface area contributed by atoms with Gasteiger partial charge in [-0.1, -0.05) is 19.1 Å². The molecule has 0 bridgehead atoms. The maximum Gasteiger partial charge on any atom is 0.255 e. The molecule has 2 N–H and O–H groups in total. The largest absolute Gasteiger partial charge is 0.489 e. The number of rotatable bonds is 8. The Morgan fingerprint density at radius 1 is 1.04 bits per heavy atom. The molecule has 0 spiro atoms. The van der Waals surface area contributed by atoms with Gasteiger partial charge in [0.2, 0.25) is 10.0 Å². The van der Waals surface area contributed by atoms with E-state index in [2.05, 4.69) is 10.0 Å². The van der Waals surface area contributed by atoms with Crippen molar-refractivity contribution in [3.05, 3.63) is 54.1 Å². The van der Waals surface area contributed by atoms with Crippen LogP contribution in [0.1, 0.15) is 44.5 Å². The summed E-state index contributed by atoms with van der Waals surface area (Å²) < 4.78 is 32.9. The van der Waals surface area contributed by atoms with Crippen molar-refractivity contribution in [1.82, 2.24) is 4.72 Å². The smallest absolute Gasteiger partial charge is 0.255 e. The van der Waals surface area contributed by atoms with E-state index in [-0.39, 0.29) is 22.9 Å². The molecule has 0 saturated heterocycles. The highest BCUT2D eigenvalue weighted by Gasteiger charge is 2.17. The average molecular weight is 391 g/mol. The van der Waals surface area contributed by atoms with E-state index >= 15 is 0 Å². The molecule has 0 heterocycles. The number of sulfonamides is 1. The van der Waals surface area contributed by atoms with Gasteiger partial charge in [0.15, 0.2) is 0 Å². The molecule has 146 valence electrons. The van der Waals surface area contributed by atoms with Crippen LogP contribution in [0.15, 0.2) is 53.4 Å². The zero-order valence-electron chi connectivity index (χ0n) is 16.0. The fourth-order valence-corrected chi connectivity index (χ4v) is 3.65. The fraction of sp³-hybridized carbons (Fsp3) is 0.350. The summed E-state index contributed by atoms with van der Waals surface area (Å²) in [5.41, 5.74) is 0.920. The zero-order valence-corrected chi connectivity index (χ0v) is 16.8. The van der Waals surface area contributed by atoms with Crippen molar-refractivity contribution in [3.63, 3.8) is 0 Å². The molecular formula is C20H26N2O4S. The van der Waals surface area contributed by atoms with E-state index in [9.17, 15) is 13.2 Å². The quantitative estimate of drug-likeness (QED) is 0.718. The lowest BCUT2D eigenvalue weighted by atomic mass is 10.2. The summed E-state index contributed by atoms with van der Waals surface area (Å²) in [7, 11) is -3.59. The maximum absolute atomic E-state index is 12.5. The van der Waals surface area contributed by atoms with E-state index in [0.717, 1.165) is 0 Å². The molecule has 0 aromatic heterocycles. The van der Waals surface area contributed by atoms with Crippen molar-refractivity contribution >= 4 is 21.6 Å². The fourth-order valence-electron chi connectivity index (χ4n) is 2.32. The van der Waals surface area contributed by atoms with Crippen LogP contribution in [0.2, 0.25) is 0 Å². The molecule has 0 aliphatic heterocycles.